The maximum Gasteiger partial charge on any atom is 0.231 e. The van der Waals surface area contributed by atoms with Crippen LogP contribution in [-0.2, 0) is 6.61 Å². The molecule has 5 heteroatoms. The van der Waals surface area contributed by atoms with Crippen molar-refractivity contribution in [2.24, 2.45) is 0 Å². The van der Waals surface area contributed by atoms with E-state index in [1.54, 1.807) is 6.07 Å². The summed E-state index contributed by atoms with van der Waals surface area (Å²) < 4.78 is 20.8. The van der Waals surface area contributed by atoms with Crippen LogP contribution < -0.4 is 18.9 Å². The quantitative estimate of drug-likeness (QED) is 0.807. The van der Waals surface area contributed by atoms with Crippen LogP contribution >= 0.6 is 0 Å². The molecule has 0 radical (unpaired) electrons. The molecule has 2 rings (SSSR count). The molecule has 0 saturated carbocycles. The molecule has 1 heterocycles. The molecule has 15 heavy (non-hydrogen) atoms. The van der Waals surface area contributed by atoms with Gasteiger partial charge in [0.25, 0.3) is 0 Å². The monoisotopic (exact) mass is 212 g/mol. The fourth-order valence-corrected chi connectivity index (χ4v) is 1.57. The van der Waals surface area contributed by atoms with Gasteiger partial charge in [-0.2, -0.15) is 0 Å². The van der Waals surface area contributed by atoms with Gasteiger partial charge in [-0.05, 0) is 6.07 Å². The molecule has 0 aromatic heterocycles. The molecule has 5 nitrogen and oxygen atoms in total. The van der Waals surface area contributed by atoms with E-state index in [0.717, 1.165) is 0 Å². The van der Waals surface area contributed by atoms with Gasteiger partial charge in [0.2, 0.25) is 18.3 Å². The number of hydrogen-bond donors (Lipinski definition) is 1. The van der Waals surface area contributed by atoms with Crippen LogP contribution in [0.1, 0.15) is 5.56 Å². The van der Waals surface area contributed by atoms with Crippen molar-refractivity contribution in [1.82, 2.24) is 0 Å². The number of fused-ring (bicyclic) bond motifs is 1. The van der Waals surface area contributed by atoms with Crippen molar-refractivity contribution in [3.8, 4) is 23.0 Å². The Balaban J connectivity index is 2.61. The zero-order chi connectivity index (χ0) is 10.8. The van der Waals surface area contributed by atoms with Crippen molar-refractivity contribution in [3.63, 3.8) is 0 Å². The summed E-state index contributed by atoms with van der Waals surface area (Å²) in [6, 6.07) is 1.68. The highest BCUT2D eigenvalue weighted by Crippen LogP contribution is 2.48. The van der Waals surface area contributed by atoms with E-state index in [4.69, 9.17) is 24.1 Å². The van der Waals surface area contributed by atoms with Crippen molar-refractivity contribution >= 4 is 0 Å². The fourth-order valence-electron chi connectivity index (χ4n) is 1.57. The van der Waals surface area contributed by atoms with Gasteiger partial charge in [0.05, 0.1) is 20.8 Å². The minimum atomic E-state index is -0.143. The smallest absolute Gasteiger partial charge is 0.231 e. The first-order valence-electron chi connectivity index (χ1n) is 4.46. The molecule has 1 aromatic rings. The molecule has 1 aromatic carbocycles. The number of hydrogen-bond acceptors (Lipinski definition) is 5. The number of rotatable bonds is 3. The Bertz CT molecular complexity index is 375. The molecule has 82 valence electrons. The minimum absolute atomic E-state index is 0.143. The zero-order valence-corrected chi connectivity index (χ0v) is 8.57. The molecule has 0 amide bonds. The summed E-state index contributed by atoms with van der Waals surface area (Å²) in [7, 11) is 3.03. The van der Waals surface area contributed by atoms with E-state index in [2.05, 4.69) is 0 Å². The second-order valence-corrected chi connectivity index (χ2v) is 2.99. The largest absolute Gasteiger partial charge is 0.492 e. The molecule has 0 saturated heterocycles. The second-order valence-electron chi connectivity index (χ2n) is 2.99. The van der Waals surface area contributed by atoms with E-state index in [9.17, 15) is 0 Å². The second kappa shape index (κ2) is 3.86. The average molecular weight is 212 g/mol. The highest BCUT2D eigenvalue weighted by atomic mass is 16.7. The van der Waals surface area contributed by atoms with Crippen LogP contribution in [0.2, 0.25) is 0 Å². The van der Waals surface area contributed by atoms with Crippen molar-refractivity contribution in [1.29, 1.82) is 0 Å². The Kier molecular flexibility index (Phi) is 2.55. The fraction of sp³-hybridized carbons (Fsp3) is 0.400. The summed E-state index contributed by atoms with van der Waals surface area (Å²) in [5, 5.41) is 9.17. The number of methoxy groups -OCH3 is 2. The molecule has 1 N–H and O–H groups in total. The van der Waals surface area contributed by atoms with Gasteiger partial charge < -0.3 is 24.1 Å². The van der Waals surface area contributed by atoms with E-state index >= 15 is 0 Å². The van der Waals surface area contributed by atoms with E-state index < -0.39 is 0 Å². The van der Waals surface area contributed by atoms with Gasteiger partial charge in [0, 0.05) is 5.56 Å². The van der Waals surface area contributed by atoms with Gasteiger partial charge in [0.15, 0.2) is 11.5 Å². The Morgan fingerprint density at radius 2 is 2.00 bits per heavy atom. The summed E-state index contributed by atoms with van der Waals surface area (Å²) >= 11 is 0. The third kappa shape index (κ3) is 1.45. The number of benzene rings is 1. The SMILES string of the molecule is COc1c(CO)cc2c(c1OC)OCO2. The van der Waals surface area contributed by atoms with Crippen LogP contribution in [0.25, 0.3) is 0 Å². The lowest BCUT2D eigenvalue weighted by molar-refractivity contribution is 0.170. The third-order valence-electron chi connectivity index (χ3n) is 2.23. The lowest BCUT2D eigenvalue weighted by atomic mass is 10.1. The summed E-state index contributed by atoms with van der Waals surface area (Å²) in [6.07, 6.45) is 0. The van der Waals surface area contributed by atoms with E-state index in [0.29, 0.717) is 28.6 Å². The van der Waals surface area contributed by atoms with Crippen LogP contribution in [0.3, 0.4) is 0 Å². The Morgan fingerprint density at radius 3 is 2.60 bits per heavy atom. The molecule has 1 aliphatic rings. The molecule has 0 unspecified atom stereocenters. The topological polar surface area (TPSA) is 57.2 Å². The zero-order valence-electron chi connectivity index (χ0n) is 8.57. The molecule has 0 atom stereocenters. The van der Waals surface area contributed by atoms with Gasteiger partial charge in [-0.25, -0.2) is 0 Å². The van der Waals surface area contributed by atoms with Crippen LogP contribution in [-0.4, -0.2) is 26.1 Å². The lowest BCUT2D eigenvalue weighted by Gasteiger charge is -2.13. The maximum absolute atomic E-state index is 9.17. The highest BCUT2D eigenvalue weighted by Gasteiger charge is 2.25. The lowest BCUT2D eigenvalue weighted by Crippen LogP contribution is -1.97. The predicted molar refractivity (Wildman–Crippen MR) is 51.6 cm³/mol. The van der Waals surface area contributed by atoms with E-state index in [1.807, 2.05) is 0 Å². The van der Waals surface area contributed by atoms with Crippen molar-refractivity contribution in [3.05, 3.63) is 11.6 Å². The van der Waals surface area contributed by atoms with Crippen molar-refractivity contribution in [2.75, 3.05) is 21.0 Å². The maximum atomic E-state index is 9.17. The van der Waals surface area contributed by atoms with Gasteiger partial charge in [0.1, 0.15) is 0 Å². The molecular weight excluding hydrogens is 200 g/mol. The molecule has 1 aliphatic heterocycles. The molecular formula is C10H12O5. The van der Waals surface area contributed by atoms with E-state index in [1.165, 1.54) is 14.2 Å². The highest BCUT2D eigenvalue weighted by molar-refractivity contribution is 5.63. The Morgan fingerprint density at radius 1 is 1.27 bits per heavy atom. The van der Waals surface area contributed by atoms with Gasteiger partial charge in [-0.15, -0.1) is 0 Å². The molecule has 0 aliphatic carbocycles. The average Bonchev–Trinajstić information content (AvgIpc) is 2.73. The van der Waals surface area contributed by atoms with Crippen molar-refractivity contribution in [2.45, 2.75) is 6.61 Å². The summed E-state index contributed by atoms with van der Waals surface area (Å²) in [5.41, 5.74) is 0.610. The third-order valence-corrected chi connectivity index (χ3v) is 2.23. The van der Waals surface area contributed by atoms with Crippen molar-refractivity contribution < 1.29 is 24.1 Å². The van der Waals surface area contributed by atoms with Crippen LogP contribution in [0.5, 0.6) is 23.0 Å². The first-order chi connectivity index (χ1) is 7.31. The number of aliphatic hydroxyl groups is 1. The Labute approximate surface area is 87.1 Å². The first-order valence-corrected chi connectivity index (χ1v) is 4.46. The predicted octanol–water partition coefficient (Wildman–Crippen LogP) is 0.925. The normalized spacial score (nSPS) is 12.7. The standard InChI is InChI=1S/C10H12O5/c1-12-8-6(4-11)3-7-9(10(8)13-2)15-5-14-7/h3,11H,4-5H2,1-2H3. The number of ether oxygens (including phenoxy) is 4. The Hall–Kier alpha value is -1.62. The molecule has 0 fully saturated rings. The summed E-state index contributed by atoms with van der Waals surface area (Å²) in [6.45, 7) is 0.0138. The van der Waals surface area contributed by atoms with E-state index in [-0.39, 0.29) is 13.4 Å². The summed E-state index contributed by atoms with van der Waals surface area (Å²) in [5.74, 6) is 2.02. The van der Waals surface area contributed by atoms with Gasteiger partial charge >= 0.3 is 0 Å². The molecule has 0 bridgehead atoms. The summed E-state index contributed by atoms with van der Waals surface area (Å²) in [4.78, 5) is 0. The van der Waals surface area contributed by atoms with Crippen LogP contribution in [0.4, 0.5) is 0 Å². The van der Waals surface area contributed by atoms with Gasteiger partial charge in [-0.3, -0.25) is 0 Å². The minimum Gasteiger partial charge on any atom is -0.492 e. The van der Waals surface area contributed by atoms with Gasteiger partial charge in [-0.1, -0.05) is 0 Å². The van der Waals surface area contributed by atoms with Crippen LogP contribution in [0, 0.1) is 0 Å². The van der Waals surface area contributed by atoms with Crippen LogP contribution in [0.15, 0.2) is 6.07 Å². The first kappa shape index (κ1) is 9.92. The molecule has 0 spiro atoms. The number of aliphatic hydroxyl groups excluding tert-OH is 1.